The first-order chi connectivity index (χ1) is 13.5. The van der Waals surface area contributed by atoms with Crippen LogP contribution in [0.4, 0.5) is 5.69 Å². The number of benzene rings is 2. The molecule has 0 aliphatic carbocycles. The molecule has 2 aromatic rings. The van der Waals surface area contributed by atoms with E-state index in [0.29, 0.717) is 23.1 Å². The number of rotatable bonds is 6. The molecule has 2 aromatic carbocycles. The van der Waals surface area contributed by atoms with Gasteiger partial charge >= 0.3 is 0 Å². The fourth-order valence-corrected chi connectivity index (χ4v) is 4.48. The van der Waals surface area contributed by atoms with Crippen molar-refractivity contribution >= 4 is 44.5 Å². The van der Waals surface area contributed by atoms with E-state index in [4.69, 9.17) is 14.2 Å². The maximum atomic E-state index is 12.7. The maximum absolute atomic E-state index is 12.7. The standard InChI is InChI=1S/C20H21BrN2O4S/c1-23-19(24)18(10-12-9-16(26-3)17(27-4)11-15(12)21)28-20(23)22-13-5-7-14(25-2)8-6-13/h5-9,11,18H,10H2,1-4H3/t18-/m1/s1. The largest absolute Gasteiger partial charge is 0.497 e. The molecule has 0 spiro atoms. The number of halogens is 1. The molecule has 1 fully saturated rings. The minimum Gasteiger partial charge on any atom is -0.497 e. The minimum atomic E-state index is -0.253. The van der Waals surface area contributed by atoms with Gasteiger partial charge in [-0.15, -0.1) is 0 Å². The molecule has 1 aliphatic heterocycles. The Hall–Kier alpha value is -2.19. The van der Waals surface area contributed by atoms with Gasteiger partial charge < -0.3 is 14.2 Å². The van der Waals surface area contributed by atoms with Crippen molar-refractivity contribution in [2.75, 3.05) is 28.4 Å². The number of hydrogen-bond donors (Lipinski definition) is 0. The Bertz CT molecular complexity index is 902. The summed E-state index contributed by atoms with van der Waals surface area (Å²) in [5, 5.41) is 0.424. The number of methoxy groups -OCH3 is 3. The number of carbonyl (C=O) groups is 1. The zero-order valence-corrected chi connectivity index (χ0v) is 18.5. The van der Waals surface area contributed by atoms with E-state index in [1.165, 1.54) is 11.8 Å². The van der Waals surface area contributed by atoms with E-state index in [2.05, 4.69) is 20.9 Å². The van der Waals surface area contributed by atoms with Gasteiger partial charge in [-0.3, -0.25) is 9.69 Å². The van der Waals surface area contributed by atoms with Crippen LogP contribution in [0.5, 0.6) is 17.2 Å². The fraction of sp³-hybridized carbons (Fsp3) is 0.300. The predicted molar refractivity (Wildman–Crippen MR) is 115 cm³/mol. The third kappa shape index (κ3) is 4.28. The molecule has 8 heteroatoms. The lowest BCUT2D eigenvalue weighted by Crippen LogP contribution is -2.28. The van der Waals surface area contributed by atoms with E-state index in [0.717, 1.165) is 21.5 Å². The van der Waals surface area contributed by atoms with Gasteiger partial charge in [-0.25, -0.2) is 4.99 Å². The van der Waals surface area contributed by atoms with Gasteiger partial charge in [-0.05, 0) is 48.4 Å². The van der Waals surface area contributed by atoms with E-state index >= 15 is 0 Å². The van der Waals surface area contributed by atoms with Crippen molar-refractivity contribution < 1.29 is 19.0 Å². The molecule has 28 heavy (non-hydrogen) atoms. The van der Waals surface area contributed by atoms with Crippen LogP contribution in [0.15, 0.2) is 45.9 Å². The van der Waals surface area contributed by atoms with Crippen molar-refractivity contribution in [1.29, 1.82) is 0 Å². The first-order valence-corrected chi connectivity index (χ1v) is 10.2. The van der Waals surface area contributed by atoms with E-state index < -0.39 is 0 Å². The Kier molecular flexibility index (Phi) is 6.51. The highest BCUT2D eigenvalue weighted by Crippen LogP contribution is 2.37. The summed E-state index contributed by atoms with van der Waals surface area (Å²) in [7, 11) is 6.56. The highest BCUT2D eigenvalue weighted by molar-refractivity contribution is 9.10. The van der Waals surface area contributed by atoms with E-state index in [1.54, 1.807) is 33.3 Å². The number of carbonyl (C=O) groups excluding carboxylic acids is 1. The number of amides is 1. The van der Waals surface area contributed by atoms with Crippen molar-refractivity contribution in [2.45, 2.75) is 11.7 Å². The van der Waals surface area contributed by atoms with Gasteiger partial charge in [-0.2, -0.15) is 0 Å². The van der Waals surface area contributed by atoms with Gasteiger partial charge in [0.1, 0.15) is 5.75 Å². The molecular formula is C20H21BrN2O4S. The summed E-state index contributed by atoms with van der Waals surface area (Å²) in [6, 6.07) is 11.2. The van der Waals surface area contributed by atoms with Crippen LogP contribution in [0.2, 0.25) is 0 Å². The minimum absolute atomic E-state index is 0.0268. The summed E-state index contributed by atoms with van der Waals surface area (Å²) in [4.78, 5) is 19.0. The second-order valence-electron chi connectivity index (χ2n) is 6.10. The zero-order chi connectivity index (χ0) is 20.3. The van der Waals surface area contributed by atoms with Gasteiger partial charge in [0.05, 0.1) is 32.3 Å². The van der Waals surface area contributed by atoms with Crippen molar-refractivity contribution in [2.24, 2.45) is 4.99 Å². The molecule has 0 unspecified atom stereocenters. The Morgan fingerprint density at radius 2 is 1.71 bits per heavy atom. The molecular weight excluding hydrogens is 444 g/mol. The van der Waals surface area contributed by atoms with Crippen molar-refractivity contribution in [3.63, 3.8) is 0 Å². The average Bonchev–Trinajstić information content (AvgIpc) is 2.97. The van der Waals surface area contributed by atoms with Gasteiger partial charge in [0.25, 0.3) is 0 Å². The number of thioether (sulfide) groups is 1. The molecule has 1 aliphatic rings. The van der Waals surface area contributed by atoms with Gasteiger partial charge in [0.2, 0.25) is 5.91 Å². The highest BCUT2D eigenvalue weighted by atomic mass is 79.9. The molecule has 1 atom stereocenters. The number of amidine groups is 1. The summed E-state index contributed by atoms with van der Waals surface area (Å²) in [6.07, 6.45) is 0.552. The van der Waals surface area contributed by atoms with Crippen LogP contribution >= 0.6 is 27.7 Å². The Labute approximate surface area is 177 Å². The molecule has 0 radical (unpaired) electrons. The van der Waals surface area contributed by atoms with E-state index in [9.17, 15) is 4.79 Å². The van der Waals surface area contributed by atoms with Crippen LogP contribution in [0, 0.1) is 0 Å². The van der Waals surface area contributed by atoms with E-state index in [-0.39, 0.29) is 11.2 Å². The lowest BCUT2D eigenvalue weighted by Gasteiger charge is -2.13. The average molecular weight is 465 g/mol. The lowest BCUT2D eigenvalue weighted by atomic mass is 10.1. The number of aliphatic imine (C=N–C) groups is 1. The van der Waals surface area contributed by atoms with Crippen LogP contribution in [0.25, 0.3) is 0 Å². The number of nitrogens with zero attached hydrogens (tertiary/aromatic N) is 2. The van der Waals surface area contributed by atoms with Crippen LogP contribution in [0.3, 0.4) is 0 Å². The van der Waals surface area contributed by atoms with Crippen molar-refractivity contribution in [1.82, 2.24) is 4.90 Å². The number of ether oxygens (including phenoxy) is 3. The summed E-state index contributed by atoms with van der Waals surface area (Å²) >= 11 is 5.03. The third-order valence-corrected chi connectivity index (χ3v) is 6.36. The molecule has 0 aromatic heterocycles. The fourth-order valence-electron chi connectivity index (χ4n) is 2.82. The molecule has 6 nitrogen and oxygen atoms in total. The van der Waals surface area contributed by atoms with Crippen molar-refractivity contribution in [3.05, 3.63) is 46.4 Å². The van der Waals surface area contributed by atoms with E-state index in [1.807, 2.05) is 36.4 Å². The molecule has 0 bridgehead atoms. The quantitative estimate of drug-likeness (QED) is 0.638. The summed E-state index contributed by atoms with van der Waals surface area (Å²) in [5.74, 6) is 2.07. The van der Waals surface area contributed by atoms with Crippen LogP contribution in [-0.2, 0) is 11.2 Å². The normalized spacial score (nSPS) is 17.9. The second kappa shape index (κ2) is 8.87. The Morgan fingerprint density at radius 3 is 2.32 bits per heavy atom. The van der Waals surface area contributed by atoms with Crippen LogP contribution in [-0.4, -0.2) is 49.6 Å². The molecule has 0 saturated carbocycles. The zero-order valence-electron chi connectivity index (χ0n) is 16.1. The third-order valence-electron chi connectivity index (χ3n) is 4.40. The SMILES string of the molecule is COc1ccc(N=C2S[C@H](Cc3cc(OC)c(OC)cc3Br)C(=O)N2C)cc1. The van der Waals surface area contributed by atoms with Crippen LogP contribution < -0.4 is 14.2 Å². The maximum Gasteiger partial charge on any atom is 0.242 e. The van der Waals surface area contributed by atoms with Crippen LogP contribution in [0.1, 0.15) is 5.56 Å². The number of hydrogen-bond acceptors (Lipinski definition) is 6. The van der Waals surface area contributed by atoms with Gasteiger partial charge in [-0.1, -0.05) is 27.7 Å². The Morgan fingerprint density at radius 1 is 1.07 bits per heavy atom. The lowest BCUT2D eigenvalue weighted by molar-refractivity contribution is -0.125. The molecule has 148 valence electrons. The Balaban J connectivity index is 1.81. The smallest absolute Gasteiger partial charge is 0.242 e. The highest BCUT2D eigenvalue weighted by Gasteiger charge is 2.36. The summed E-state index contributed by atoms with van der Waals surface area (Å²) in [5.41, 5.74) is 1.75. The second-order valence-corrected chi connectivity index (χ2v) is 8.12. The molecule has 3 rings (SSSR count). The topological polar surface area (TPSA) is 60.4 Å². The molecule has 0 N–H and O–H groups in total. The van der Waals surface area contributed by atoms with Crippen molar-refractivity contribution in [3.8, 4) is 17.2 Å². The first-order valence-electron chi connectivity index (χ1n) is 8.54. The molecule has 1 amide bonds. The molecule has 1 saturated heterocycles. The van der Waals surface area contributed by atoms with Gasteiger partial charge in [0.15, 0.2) is 16.7 Å². The summed E-state index contributed by atoms with van der Waals surface area (Å²) in [6.45, 7) is 0. The summed E-state index contributed by atoms with van der Waals surface area (Å²) < 4.78 is 16.7. The monoisotopic (exact) mass is 464 g/mol. The first kappa shape index (κ1) is 20.5. The predicted octanol–water partition coefficient (Wildman–Crippen LogP) is 4.28. The van der Waals surface area contributed by atoms with Gasteiger partial charge in [0, 0.05) is 11.5 Å². The molecule has 1 heterocycles.